The lowest BCUT2D eigenvalue weighted by Crippen LogP contribution is -2.50. The van der Waals surface area contributed by atoms with Crippen LogP contribution in [0.1, 0.15) is 92.9 Å². The predicted molar refractivity (Wildman–Crippen MR) is 253 cm³/mol. The fourth-order valence-corrected chi connectivity index (χ4v) is 7.83. The molecule has 0 spiro atoms. The van der Waals surface area contributed by atoms with Crippen LogP contribution in [0.3, 0.4) is 0 Å². The number of primary amides is 2. The summed E-state index contributed by atoms with van der Waals surface area (Å²) in [7, 11) is -3.58. The molecule has 21 heteroatoms. The van der Waals surface area contributed by atoms with Crippen LogP contribution >= 0.6 is 45.2 Å². The number of alkyl carbamates (subject to hydrolysis) is 1. The predicted octanol–water partition coefficient (Wildman–Crippen LogP) is 5.71. The van der Waals surface area contributed by atoms with E-state index in [1.165, 1.54) is 19.0 Å². The van der Waals surface area contributed by atoms with Gasteiger partial charge < -0.3 is 48.9 Å². The number of aromatic nitrogens is 4. The summed E-state index contributed by atoms with van der Waals surface area (Å²) < 4.78 is 30.4. The number of nitrogens with zero attached hydrogens (tertiary/aromatic N) is 4. The van der Waals surface area contributed by atoms with Crippen molar-refractivity contribution in [2.24, 2.45) is 22.9 Å². The van der Waals surface area contributed by atoms with Crippen molar-refractivity contribution in [2.45, 2.75) is 107 Å². The van der Waals surface area contributed by atoms with Crippen LogP contribution in [0, 0.1) is 7.14 Å². The number of amides is 3. The van der Waals surface area contributed by atoms with Crippen LogP contribution in [0.5, 0.6) is 0 Å². The fraction of sp³-hybridized carbons (Fsp3) is 0.425. The van der Waals surface area contributed by atoms with Crippen LogP contribution in [0.25, 0.3) is 0 Å². The smallest absolute Gasteiger partial charge is 0.407 e. The minimum absolute atomic E-state index is 0.0151. The van der Waals surface area contributed by atoms with E-state index in [2.05, 4.69) is 86.4 Å². The van der Waals surface area contributed by atoms with Crippen molar-refractivity contribution in [3.8, 4) is 0 Å². The molecule has 6 rings (SSSR count). The summed E-state index contributed by atoms with van der Waals surface area (Å²) in [5.74, 6) is -0.634. The lowest BCUT2D eigenvalue weighted by Gasteiger charge is -2.33. The van der Waals surface area contributed by atoms with Crippen molar-refractivity contribution in [1.29, 1.82) is 0 Å². The second-order valence-electron chi connectivity index (χ2n) is 15.5. The van der Waals surface area contributed by atoms with Crippen LogP contribution in [0.2, 0.25) is 0 Å². The Balaban J connectivity index is 0.000000240. The Morgan fingerprint density at radius 1 is 0.738 bits per heavy atom. The quantitative estimate of drug-likeness (QED) is 0.0697. The molecule has 0 aliphatic heterocycles. The van der Waals surface area contributed by atoms with E-state index in [9.17, 15) is 22.8 Å². The third-order valence-electron chi connectivity index (χ3n) is 9.25. The van der Waals surface area contributed by atoms with E-state index in [4.69, 9.17) is 27.7 Å². The van der Waals surface area contributed by atoms with Crippen molar-refractivity contribution in [3.63, 3.8) is 0 Å². The molecule has 0 unspecified atom stereocenters. The minimum Gasteiger partial charge on any atom is -0.444 e. The molecule has 0 saturated heterocycles. The van der Waals surface area contributed by atoms with Gasteiger partial charge in [-0.25, -0.2) is 23.2 Å². The number of carbonyl (C=O) groups excluding carboxylic acids is 3. The summed E-state index contributed by atoms with van der Waals surface area (Å²) in [6.45, 7) is 5.50. The van der Waals surface area contributed by atoms with Crippen LogP contribution in [-0.4, -0.2) is 82.3 Å². The molecule has 0 radical (unpaired) electrons. The summed E-state index contributed by atoms with van der Waals surface area (Å²) in [5, 5.41) is 11.9. The number of benzene rings is 2. The highest BCUT2D eigenvalue weighted by atomic mass is 127. The van der Waals surface area contributed by atoms with Crippen molar-refractivity contribution < 1.29 is 27.5 Å². The monoisotopic (exact) mass is 1080 g/mol. The number of carbonyl (C=O) groups is 3. The molecule has 2 aromatic heterocycles. The van der Waals surface area contributed by atoms with Crippen molar-refractivity contribution in [1.82, 2.24) is 25.3 Å². The molecule has 2 aliphatic carbocycles. The molecule has 330 valence electrons. The Morgan fingerprint density at radius 3 is 1.67 bits per heavy atom. The van der Waals surface area contributed by atoms with Gasteiger partial charge in [0.25, 0.3) is 11.8 Å². The molecule has 61 heavy (non-hydrogen) atoms. The van der Waals surface area contributed by atoms with E-state index in [1.54, 1.807) is 6.07 Å². The normalized spacial score (nSPS) is 18.8. The number of nitrogens with one attached hydrogen (secondary N) is 4. The summed E-state index contributed by atoms with van der Waals surface area (Å²) in [5.41, 5.74) is 23.2. The second kappa shape index (κ2) is 22.6. The molecule has 0 bridgehead atoms. The SMILES string of the molecule is CC(C)(C)OC(=O)N[C@@H]1CCCC[C@@H]1Nc1ncc(C(N)=O)c(Nc2cccc(I)c2)n1.CS(=O)(=O)c1ncc(C(N)=O)c(Nc2cccc(I)c2)n1.N[C@@H]1CCCC[C@@H]1N. The first kappa shape index (κ1) is 49.2. The van der Waals surface area contributed by atoms with Crippen LogP contribution in [0.15, 0.2) is 66.1 Å². The van der Waals surface area contributed by atoms with Crippen molar-refractivity contribution >= 4 is 102 Å². The molecule has 2 saturated carbocycles. The Labute approximate surface area is 383 Å². The fourth-order valence-electron chi connectivity index (χ4n) is 6.24. The van der Waals surface area contributed by atoms with Crippen LogP contribution in [0.4, 0.5) is 33.8 Å². The first-order valence-electron chi connectivity index (χ1n) is 19.5. The third kappa shape index (κ3) is 16.4. The highest BCUT2D eigenvalue weighted by molar-refractivity contribution is 14.1. The lowest BCUT2D eigenvalue weighted by molar-refractivity contribution is 0.0488. The largest absolute Gasteiger partial charge is 0.444 e. The molecule has 2 heterocycles. The number of ether oxygens (including phenoxy) is 1. The van der Waals surface area contributed by atoms with Gasteiger partial charge in [-0.05, 0) is 128 Å². The van der Waals surface area contributed by atoms with E-state index in [-0.39, 0.29) is 46.3 Å². The number of rotatable bonds is 10. The number of nitrogens with two attached hydrogens (primary N) is 4. The summed E-state index contributed by atoms with van der Waals surface area (Å²) >= 11 is 4.34. The molecule has 4 atom stereocenters. The number of anilines is 5. The molecular weight excluding hydrogens is 1030 g/mol. The average Bonchev–Trinajstić information content (AvgIpc) is 3.16. The number of sulfone groups is 1. The van der Waals surface area contributed by atoms with Crippen molar-refractivity contribution in [3.05, 3.63) is 79.2 Å². The number of hydrogen-bond donors (Lipinski definition) is 8. The van der Waals surface area contributed by atoms with Gasteiger partial charge in [-0.1, -0.05) is 37.8 Å². The van der Waals surface area contributed by atoms with Gasteiger partial charge >= 0.3 is 6.09 Å². The molecule has 2 aromatic carbocycles. The first-order chi connectivity index (χ1) is 28.7. The van der Waals surface area contributed by atoms with E-state index in [0.717, 1.165) is 63.8 Å². The third-order valence-corrected chi connectivity index (χ3v) is 11.5. The maximum Gasteiger partial charge on any atom is 0.407 e. The minimum atomic E-state index is -3.58. The Morgan fingerprint density at radius 2 is 1.21 bits per heavy atom. The molecule has 2 aliphatic rings. The van der Waals surface area contributed by atoms with E-state index >= 15 is 0 Å². The summed E-state index contributed by atoms with van der Waals surface area (Å²) in [6.07, 6.45) is 11.6. The van der Waals surface area contributed by atoms with Crippen LogP contribution in [-0.2, 0) is 14.6 Å². The van der Waals surface area contributed by atoms with Gasteiger partial charge in [-0.15, -0.1) is 0 Å². The van der Waals surface area contributed by atoms with Gasteiger partial charge in [0.05, 0.1) is 6.04 Å². The zero-order valence-electron chi connectivity index (χ0n) is 34.5. The van der Waals surface area contributed by atoms with Gasteiger partial charge in [0.1, 0.15) is 28.4 Å². The van der Waals surface area contributed by atoms with Crippen LogP contribution < -0.4 is 44.2 Å². The van der Waals surface area contributed by atoms with Gasteiger partial charge in [-0.3, -0.25) is 9.59 Å². The summed E-state index contributed by atoms with van der Waals surface area (Å²) in [6, 6.07) is 15.3. The zero-order valence-corrected chi connectivity index (χ0v) is 39.6. The average molecular weight is 1080 g/mol. The maximum atomic E-state index is 12.3. The van der Waals surface area contributed by atoms with Gasteiger partial charge in [0.15, 0.2) is 0 Å². The summed E-state index contributed by atoms with van der Waals surface area (Å²) in [4.78, 5) is 51.9. The zero-order chi connectivity index (χ0) is 44.9. The van der Waals surface area contributed by atoms with Gasteiger partial charge in [-0.2, -0.15) is 9.97 Å². The van der Waals surface area contributed by atoms with Gasteiger partial charge in [0, 0.05) is 55.3 Å². The second-order valence-corrected chi connectivity index (χ2v) is 19.9. The highest BCUT2D eigenvalue weighted by Gasteiger charge is 2.29. The highest BCUT2D eigenvalue weighted by Crippen LogP contribution is 2.26. The molecule has 18 nitrogen and oxygen atoms in total. The van der Waals surface area contributed by atoms with E-state index < -0.39 is 33.3 Å². The molecule has 3 amide bonds. The first-order valence-corrected chi connectivity index (χ1v) is 23.6. The molecule has 4 aromatic rings. The van der Waals surface area contributed by atoms with Crippen molar-refractivity contribution in [2.75, 3.05) is 22.2 Å². The molecule has 2 fully saturated rings. The standard InChI is InChI=1S/C22H29IN6O3.C12H11IN4O3S.C6H14N2/c1-22(2,3)32-21(31)28-17-10-5-4-9-16(17)27-20-25-12-15(18(24)30)19(29-20)26-14-8-6-7-13(23)11-14;1-21(19,20)12-15-6-9(10(14)18)11(17-12)16-8-4-2-3-7(13)5-8;7-5-3-1-2-4-6(5)8/h6-8,11-12,16-17H,4-5,9-10H2,1-3H3,(H2,24,30)(H,28,31)(H2,25,26,27,29);2-6H,1H3,(H2,14,18)(H,15,16,17);5-6H,1-4,7-8H2/t16-,17+;;5-,6+/m0../s1. The number of hydrogen-bond acceptors (Lipinski definition) is 15. The lowest BCUT2D eigenvalue weighted by atomic mass is 9.90. The topological polar surface area (TPSA) is 298 Å². The Hall–Kier alpha value is -4.46. The Kier molecular flexibility index (Phi) is 18.2. The van der Waals surface area contributed by atoms with E-state index in [0.29, 0.717) is 17.5 Å². The van der Waals surface area contributed by atoms with Gasteiger partial charge in [0.2, 0.25) is 20.9 Å². The van der Waals surface area contributed by atoms with E-state index in [1.807, 2.05) is 63.2 Å². The maximum absolute atomic E-state index is 12.3. The molecule has 12 N–H and O–H groups in total. The Bertz CT molecular complexity index is 2250. The molecular formula is C40H54I2N12O6S. The number of halogens is 2.